The van der Waals surface area contributed by atoms with Crippen LogP contribution in [0.2, 0.25) is 0 Å². The van der Waals surface area contributed by atoms with Crippen molar-refractivity contribution in [2.45, 2.75) is 57.5 Å². The lowest BCUT2D eigenvalue weighted by Gasteiger charge is -2.56. The Hall–Kier alpha value is -2.37. The number of nitrogens with zero attached hydrogens (tertiary/aromatic N) is 4. The normalized spacial score (nSPS) is 29.7. The highest BCUT2D eigenvalue weighted by molar-refractivity contribution is 5.78. The number of carbonyl (C=O) groups is 1. The number of hydrogen-bond acceptors (Lipinski definition) is 5. The number of benzene rings is 1. The maximum atomic E-state index is 12.7. The van der Waals surface area contributed by atoms with E-state index in [1.165, 1.54) is 6.42 Å². The number of amides is 1. The molecule has 2 bridgehead atoms. The summed E-state index contributed by atoms with van der Waals surface area (Å²) in [6.07, 6.45) is 6.31. The summed E-state index contributed by atoms with van der Waals surface area (Å²) in [7, 11) is 0. The Morgan fingerprint density at radius 3 is 2.82 bits per heavy atom. The zero-order valence-electron chi connectivity index (χ0n) is 16.5. The molecule has 3 aliphatic heterocycles. The van der Waals surface area contributed by atoms with Gasteiger partial charge in [-0.15, -0.1) is 0 Å². The zero-order chi connectivity index (χ0) is 19.1. The van der Waals surface area contributed by atoms with Crippen molar-refractivity contribution in [1.29, 1.82) is 0 Å². The number of fused-ring (bicyclic) bond motifs is 4. The molecule has 1 aromatic heterocycles. The highest BCUT2D eigenvalue weighted by Gasteiger charge is 2.49. The van der Waals surface area contributed by atoms with Crippen LogP contribution in [0.1, 0.15) is 45.4 Å². The monoisotopic (exact) mass is 380 g/mol. The molecule has 4 heterocycles. The first kappa shape index (κ1) is 17.7. The van der Waals surface area contributed by atoms with Crippen molar-refractivity contribution in [2.24, 2.45) is 11.8 Å². The third-order valence-electron chi connectivity index (χ3n) is 6.80. The molecule has 6 heteroatoms. The summed E-state index contributed by atoms with van der Waals surface area (Å²) < 4.78 is 5.66. The first-order valence-corrected chi connectivity index (χ1v) is 10.7. The predicted molar refractivity (Wildman–Crippen MR) is 107 cm³/mol. The van der Waals surface area contributed by atoms with E-state index in [0.29, 0.717) is 41.7 Å². The van der Waals surface area contributed by atoms with Crippen LogP contribution in [0.15, 0.2) is 34.9 Å². The third kappa shape index (κ3) is 2.99. The van der Waals surface area contributed by atoms with E-state index < -0.39 is 0 Å². The average molecular weight is 380 g/mol. The SMILES string of the molecule is CCC[C@H]1[C@H]2C[C@H](CN(c3nc(-c4ccccc4)no3)C2)[C@@H]2CCCC(=O)N21. The van der Waals surface area contributed by atoms with E-state index in [1.807, 2.05) is 30.3 Å². The second-order valence-corrected chi connectivity index (χ2v) is 8.54. The van der Waals surface area contributed by atoms with Crippen molar-refractivity contribution >= 4 is 11.9 Å². The van der Waals surface area contributed by atoms with Gasteiger partial charge >= 0.3 is 6.01 Å². The van der Waals surface area contributed by atoms with E-state index in [2.05, 4.69) is 26.9 Å². The largest absolute Gasteiger partial charge is 0.336 e. The van der Waals surface area contributed by atoms with Gasteiger partial charge in [0.15, 0.2) is 0 Å². The first-order valence-electron chi connectivity index (χ1n) is 10.7. The summed E-state index contributed by atoms with van der Waals surface area (Å²) in [5, 5.41) is 4.21. The molecular formula is C22H28N4O2. The molecule has 148 valence electrons. The predicted octanol–water partition coefficient (Wildman–Crippen LogP) is 3.74. The van der Waals surface area contributed by atoms with Gasteiger partial charge in [-0.1, -0.05) is 48.8 Å². The molecule has 3 fully saturated rings. The molecule has 1 amide bonds. The van der Waals surface area contributed by atoms with Crippen LogP contribution in [0.25, 0.3) is 11.4 Å². The molecule has 5 rings (SSSR count). The van der Waals surface area contributed by atoms with Crippen LogP contribution >= 0.6 is 0 Å². The van der Waals surface area contributed by atoms with Gasteiger partial charge < -0.3 is 14.3 Å². The molecule has 6 nitrogen and oxygen atoms in total. The fourth-order valence-corrected chi connectivity index (χ4v) is 5.65. The Labute approximate surface area is 165 Å². The maximum Gasteiger partial charge on any atom is 0.324 e. The van der Waals surface area contributed by atoms with Crippen LogP contribution in [0.3, 0.4) is 0 Å². The van der Waals surface area contributed by atoms with Crippen LogP contribution in [0.4, 0.5) is 6.01 Å². The van der Waals surface area contributed by atoms with Crippen molar-refractivity contribution in [3.8, 4) is 11.4 Å². The van der Waals surface area contributed by atoms with Crippen molar-refractivity contribution in [2.75, 3.05) is 18.0 Å². The van der Waals surface area contributed by atoms with Crippen molar-refractivity contribution in [3.05, 3.63) is 30.3 Å². The molecular weight excluding hydrogens is 352 g/mol. The molecule has 3 saturated heterocycles. The third-order valence-corrected chi connectivity index (χ3v) is 6.80. The molecule has 0 aliphatic carbocycles. The van der Waals surface area contributed by atoms with Crippen molar-refractivity contribution in [3.63, 3.8) is 0 Å². The molecule has 2 aromatic rings. The second kappa shape index (κ2) is 7.22. The Morgan fingerprint density at radius 2 is 2.00 bits per heavy atom. The molecule has 28 heavy (non-hydrogen) atoms. The minimum absolute atomic E-state index is 0.360. The van der Waals surface area contributed by atoms with Crippen LogP contribution in [0, 0.1) is 11.8 Å². The standard InChI is InChI=1S/C22H28N4O2/c1-2-7-18-16-12-17(19-10-6-11-20(27)26(18)19)14-25(13-16)22-23-21(24-28-22)15-8-4-3-5-9-15/h3-5,8-9,16-19H,2,6-7,10-14H2,1H3/t16-,17+,18-,19-/m0/s1. The van der Waals surface area contributed by atoms with Gasteiger partial charge in [-0.2, -0.15) is 4.98 Å². The summed E-state index contributed by atoms with van der Waals surface area (Å²) in [5.41, 5.74) is 0.975. The number of hydrogen-bond donors (Lipinski definition) is 0. The summed E-state index contributed by atoms with van der Waals surface area (Å²) in [6.45, 7) is 4.02. The smallest absolute Gasteiger partial charge is 0.324 e. The molecule has 0 N–H and O–H groups in total. The van der Waals surface area contributed by atoms with Crippen molar-refractivity contribution < 1.29 is 9.32 Å². The molecule has 1 aromatic carbocycles. The fraction of sp³-hybridized carbons (Fsp3) is 0.591. The van der Waals surface area contributed by atoms with Gasteiger partial charge in [0.05, 0.1) is 0 Å². The van der Waals surface area contributed by atoms with Gasteiger partial charge in [-0.05, 0) is 37.5 Å². The molecule has 0 saturated carbocycles. The minimum Gasteiger partial charge on any atom is -0.336 e. The highest BCUT2D eigenvalue weighted by atomic mass is 16.5. The second-order valence-electron chi connectivity index (χ2n) is 8.54. The average Bonchev–Trinajstić information content (AvgIpc) is 3.22. The number of rotatable bonds is 4. The molecule has 0 unspecified atom stereocenters. The lowest BCUT2D eigenvalue weighted by molar-refractivity contribution is -0.149. The number of aromatic nitrogens is 2. The van der Waals surface area contributed by atoms with E-state index in [-0.39, 0.29) is 0 Å². The summed E-state index contributed by atoms with van der Waals surface area (Å²) in [4.78, 5) is 22.0. The fourth-order valence-electron chi connectivity index (χ4n) is 5.65. The van der Waals surface area contributed by atoms with Gasteiger partial charge in [0.25, 0.3) is 0 Å². The molecule has 4 atom stereocenters. The molecule has 0 radical (unpaired) electrons. The minimum atomic E-state index is 0.360. The van der Waals surface area contributed by atoms with E-state index in [4.69, 9.17) is 4.52 Å². The van der Waals surface area contributed by atoms with Crippen LogP contribution in [0.5, 0.6) is 0 Å². The summed E-state index contributed by atoms with van der Waals surface area (Å²) in [6, 6.07) is 11.3. The Kier molecular flexibility index (Phi) is 4.57. The van der Waals surface area contributed by atoms with E-state index in [1.54, 1.807) is 0 Å². The zero-order valence-corrected chi connectivity index (χ0v) is 16.5. The Morgan fingerprint density at radius 1 is 1.18 bits per heavy atom. The van der Waals surface area contributed by atoms with Crippen LogP contribution in [-0.2, 0) is 4.79 Å². The number of anilines is 1. The summed E-state index contributed by atoms with van der Waals surface area (Å²) in [5.74, 6) is 2.01. The highest BCUT2D eigenvalue weighted by Crippen LogP contribution is 2.43. The van der Waals surface area contributed by atoms with E-state index in [0.717, 1.165) is 50.8 Å². The lowest BCUT2D eigenvalue weighted by Crippen LogP contribution is -2.65. The quantitative estimate of drug-likeness (QED) is 0.808. The maximum absolute atomic E-state index is 12.7. The van der Waals surface area contributed by atoms with Crippen LogP contribution in [-0.4, -0.2) is 46.1 Å². The van der Waals surface area contributed by atoms with Crippen LogP contribution < -0.4 is 4.90 Å². The Bertz CT molecular complexity index is 836. The summed E-state index contributed by atoms with van der Waals surface area (Å²) >= 11 is 0. The van der Waals surface area contributed by atoms with Gasteiger partial charge in [0, 0.05) is 37.2 Å². The van der Waals surface area contributed by atoms with Gasteiger partial charge in [-0.25, -0.2) is 0 Å². The van der Waals surface area contributed by atoms with E-state index >= 15 is 0 Å². The first-order chi connectivity index (χ1) is 13.7. The van der Waals surface area contributed by atoms with Crippen molar-refractivity contribution in [1.82, 2.24) is 15.0 Å². The van der Waals surface area contributed by atoms with Gasteiger partial charge in [0.1, 0.15) is 0 Å². The lowest BCUT2D eigenvalue weighted by atomic mass is 9.71. The number of carbonyl (C=O) groups excluding carboxylic acids is 1. The van der Waals surface area contributed by atoms with Gasteiger partial charge in [0.2, 0.25) is 11.7 Å². The Balaban J connectivity index is 1.41. The van der Waals surface area contributed by atoms with Gasteiger partial charge in [-0.3, -0.25) is 4.79 Å². The number of piperidine rings is 3. The molecule has 3 aliphatic rings. The molecule has 0 spiro atoms. The topological polar surface area (TPSA) is 62.5 Å². The van der Waals surface area contributed by atoms with E-state index in [9.17, 15) is 4.79 Å².